The first-order valence-corrected chi connectivity index (χ1v) is 14.0. The van der Waals surface area contributed by atoms with E-state index in [1.165, 1.54) is 11.7 Å². The molecule has 0 atom stereocenters. The minimum absolute atomic E-state index is 0.0893. The monoisotopic (exact) mass is 746 g/mol. The quantitative estimate of drug-likeness (QED) is 0.156. The molecule has 23 nitrogen and oxygen atoms in total. The molecule has 1 amide bonds. The minimum atomic E-state index is -1.68. The number of nitrogens with two attached hydrogens (primary N) is 1. The second-order valence-corrected chi connectivity index (χ2v) is 9.98. The number of nitrogens with zero attached hydrogens (tertiary/aromatic N) is 14. The van der Waals surface area contributed by atoms with Crippen LogP contribution < -0.4 is 33.5 Å². The normalized spacial score (nSPS) is 10.5. The number of carbonyl (C=O) groups excluding carboxylic acids is 1. The van der Waals surface area contributed by atoms with E-state index in [2.05, 4.69) is 46.6 Å². The number of halogens is 4. The molecular formula is C26H22F4N16O7. The Bertz CT molecular complexity index is 2590. The van der Waals surface area contributed by atoms with Crippen molar-refractivity contribution < 1.29 is 32.3 Å². The van der Waals surface area contributed by atoms with Crippen LogP contribution in [-0.4, -0.2) is 86.1 Å². The third-order valence-electron chi connectivity index (χ3n) is 6.51. The van der Waals surface area contributed by atoms with E-state index in [4.69, 9.17) is 10.8 Å². The van der Waals surface area contributed by atoms with Crippen LogP contribution in [0.15, 0.2) is 55.6 Å². The molecule has 0 unspecified atom stereocenters. The second-order valence-electron chi connectivity index (χ2n) is 9.98. The highest BCUT2D eigenvalue weighted by Gasteiger charge is 2.24. The molecule has 0 spiro atoms. The lowest BCUT2D eigenvalue weighted by Gasteiger charge is -2.10. The number of amides is 1. The zero-order valence-electron chi connectivity index (χ0n) is 27.2. The molecule has 4 N–H and O–H groups in total. The van der Waals surface area contributed by atoms with E-state index < -0.39 is 80.4 Å². The van der Waals surface area contributed by atoms with Crippen molar-refractivity contribution >= 4 is 23.8 Å². The van der Waals surface area contributed by atoms with Crippen molar-refractivity contribution in [2.45, 2.75) is 0 Å². The van der Waals surface area contributed by atoms with Gasteiger partial charge in [0.15, 0.2) is 23.3 Å². The second kappa shape index (κ2) is 15.4. The van der Waals surface area contributed by atoms with Crippen LogP contribution in [0.3, 0.4) is 0 Å². The van der Waals surface area contributed by atoms with E-state index in [1.807, 2.05) is 0 Å². The van der Waals surface area contributed by atoms with Crippen LogP contribution in [0, 0.1) is 23.3 Å². The van der Waals surface area contributed by atoms with Gasteiger partial charge < -0.3 is 10.8 Å². The lowest BCUT2D eigenvalue weighted by Crippen LogP contribution is -2.44. The molecule has 4 aromatic heterocycles. The maximum absolute atomic E-state index is 14.0. The first kappa shape index (κ1) is 38.1. The third-order valence-corrected chi connectivity index (χ3v) is 6.51. The molecule has 0 bridgehead atoms. The van der Waals surface area contributed by atoms with Gasteiger partial charge in [0.05, 0.1) is 11.4 Å². The Kier molecular flexibility index (Phi) is 11.1. The number of carboxylic acids is 1. The Balaban J connectivity index is 0.000000204. The number of carboxylic acid groups (broad SMARTS) is 1. The number of hydrogen-bond donors (Lipinski definition) is 3. The number of benzene rings is 2. The smallest absolute Gasteiger partial charge is 0.362 e. The summed E-state index contributed by atoms with van der Waals surface area (Å²) in [6.45, 7) is 0. The maximum atomic E-state index is 14.0. The van der Waals surface area contributed by atoms with Crippen LogP contribution in [0.1, 0.15) is 21.0 Å². The summed E-state index contributed by atoms with van der Waals surface area (Å²) in [6.07, 6.45) is 0. The van der Waals surface area contributed by atoms with Crippen LogP contribution in [0.25, 0.3) is 11.4 Å². The molecule has 0 saturated carbocycles. The van der Waals surface area contributed by atoms with Crippen LogP contribution >= 0.6 is 0 Å². The molecule has 0 aliphatic rings. The van der Waals surface area contributed by atoms with E-state index in [-0.39, 0.29) is 10.5 Å². The lowest BCUT2D eigenvalue weighted by molar-refractivity contribution is 0.0684. The van der Waals surface area contributed by atoms with Gasteiger partial charge in [0, 0.05) is 28.2 Å². The molecule has 0 radical (unpaired) electrons. The molecule has 0 aliphatic heterocycles. The van der Waals surface area contributed by atoms with E-state index >= 15 is 0 Å². The van der Waals surface area contributed by atoms with Gasteiger partial charge in [-0.1, -0.05) is 22.3 Å². The number of anilines is 2. The zero-order chi connectivity index (χ0) is 39.3. The molecule has 6 rings (SSSR count). The summed E-state index contributed by atoms with van der Waals surface area (Å²) in [5.41, 5.74) is -2.60. The van der Waals surface area contributed by atoms with Crippen LogP contribution in [0.4, 0.5) is 29.5 Å². The van der Waals surface area contributed by atoms with Crippen molar-refractivity contribution in [1.82, 2.24) is 69.1 Å². The molecule has 0 aliphatic carbocycles. The molecule has 0 saturated heterocycles. The SMILES string of the molecule is Cn1nc(C(=O)O)c(=O)n(-c2cccc(F)c2F)c1=O.Cn1nnnc1N.Cn1nnnc1NC(=O)c1nn(C)c(=O)n(-c2cccc(F)c2F)c1=O. The number of nitrogens with one attached hydrogen (secondary N) is 1. The predicted molar refractivity (Wildman–Crippen MR) is 167 cm³/mol. The topological polar surface area (TPSA) is 293 Å². The van der Waals surface area contributed by atoms with Gasteiger partial charge >= 0.3 is 17.3 Å². The average molecular weight is 747 g/mol. The van der Waals surface area contributed by atoms with E-state index in [9.17, 15) is 46.3 Å². The molecule has 6 aromatic rings. The Hall–Kier alpha value is -7.74. The van der Waals surface area contributed by atoms with Gasteiger partial charge in [-0.25, -0.2) is 59.8 Å². The van der Waals surface area contributed by atoms with Crippen molar-refractivity contribution in [3.8, 4) is 11.4 Å². The number of nitrogen functional groups attached to an aromatic ring is 1. The van der Waals surface area contributed by atoms with E-state index in [0.717, 1.165) is 55.2 Å². The Morgan fingerprint density at radius 1 is 0.679 bits per heavy atom. The Morgan fingerprint density at radius 2 is 1.13 bits per heavy atom. The summed E-state index contributed by atoms with van der Waals surface area (Å²) in [4.78, 5) is 71.6. The van der Waals surface area contributed by atoms with Gasteiger partial charge in [0.2, 0.25) is 23.3 Å². The number of rotatable bonds is 5. The summed E-state index contributed by atoms with van der Waals surface area (Å²) >= 11 is 0. The first-order valence-electron chi connectivity index (χ1n) is 14.0. The van der Waals surface area contributed by atoms with Crippen LogP contribution in [0.2, 0.25) is 0 Å². The average Bonchev–Trinajstić information content (AvgIpc) is 3.70. The van der Waals surface area contributed by atoms with Crippen molar-refractivity contribution in [3.63, 3.8) is 0 Å². The molecule has 276 valence electrons. The highest BCUT2D eigenvalue weighted by Crippen LogP contribution is 2.14. The summed E-state index contributed by atoms with van der Waals surface area (Å²) in [7, 11) is 5.34. The minimum Gasteiger partial charge on any atom is -0.476 e. The van der Waals surface area contributed by atoms with Crippen LogP contribution in [-0.2, 0) is 28.2 Å². The molecule has 4 heterocycles. The summed E-state index contributed by atoms with van der Waals surface area (Å²) in [6, 6.07) is 5.83. The zero-order valence-corrected chi connectivity index (χ0v) is 27.2. The Labute approximate surface area is 288 Å². The Morgan fingerprint density at radius 3 is 1.53 bits per heavy atom. The maximum Gasteiger partial charge on any atom is 0.362 e. The molecule has 27 heteroatoms. The summed E-state index contributed by atoms with van der Waals surface area (Å²) in [5.74, 6) is -7.86. The fourth-order valence-electron chi connectivity index (χ4n) is 3.91. The van der Waals surface area contributed by atoms with E-state index in [1.54, 1.807) is 7.05 Å². The highest BCUT2D eigenvalue weighted by molar-refractivity contribution is 6.01. The third kappa shape index (κ3) is 7.86. The van der Waals surface area contributed by atoms with Gasteiger partial charge in [-0.2, -0.15) is 10.2 Å². The molecular weight excluding hydrogens is 724 g/mol. The van der Waals surface area contributed by atoms with Gasteiger partial charge in [0.25, 0.3) is 17.0 Å². The van der Waals surface area contributed by atoms with Crippen molar-refractivity contribution in [1.29, 1.82) is 0 Å². The molecule has 0 fully saturated rings. The summed E-state index contributed by atoms with van der Waals surface area (Å²) in [5, 5.41) is 38.3. The molecule has 2 aromatic carbocycles. The van der Waals surface area contributed by atoms with Crippen molar-refractivity contribution in [3.05, 3.63) is 113 Å². The van der Waals surface area contributed by atoms with E-state index in [0.29, 0.717) is 19.9 Å². The predicted octanol–water partition coefficient (Wildman–Crippen LogP) is -2.31. The van der Waals surface area contributed by atoms with Gasteiger partial charge in [-0.3, -0.25) is 19.7 Å². The summed E-state index contributed by atoms with van der Waals surface area (Å²) < 4.78 is 58.6. The fourth-order valence-corrected chi connectivity index (χ4v) is 3.91. The first-order chi connectivity index (χ1) is 25.0. The van der Waals surface area contributed by atoms with Gasteiger partial charge in [-0.05, 0) is 45.1 Å². The van der Waals surface area contributed by atoms with Crippen LogP contribution in [0.5, 0.6) is 0 Å². The van der Waals surface area contributed by atoms with Crippen molar-refractivity contribution in [2.75, 3.05) is 11.1 Å². The largest absolute Gasteiger partial charge is 0.476 e. The number of tetrazole rings is 2. The lowest BCUT2D eigenvalue weighted by atomic mass is 10.3. The number of carbonyl (C=O) groups is 2. The van der Waals surface area contributed by atoms with Gasteiger partial charge in [0.1, 0.15) is 0 Å². The fraction of sp³-hybridized carbons (Fsp3) is 0.154. The molecule has 53 heavy (non-hydrogen) atoms. The van der Waals surface area contributed by atoms with Gasteiger partial charge in [-0.15, -0.1) is 0 Å². The number of aryl methyl sites for hydroxylation is 4. The number of aromatic nitrogens is 14. The standard InChI is InChI=1S/C13H10F2N8O3.C11H7F2N3O4.C2H5N5/c1-21-12(17-19-20-21)16-10(24)9-11(25)23(13(26)22(2)18-9)7-5-3-4-6(14)8(7)15;1-15-11(20)16(9(17)8(14-15)10(18)19)6-4-2-3-5(12)7(6)13;1-7-2(3)4-5-6-7/h3-5H,1-2H3,(H,16,17,20,24);2-4H,1H3,(H,18,19);1H3,(H2,3,4,6). The van der Waals surface area contributed by atoms with Crippen molar-refractivity contribution in [2.24, 2.45) is 28.2 Å². The highest BCUT2D eigenvalue weighted by atomic mass is 19.2. The number of aromatic carboxylic acids is 1. The number of hydrogen-bond acceptors (Lipinski definition) is 15.